The van der Waals surface area contributed by atoms with Gasteiger partial charge in [0, 0.05) is 19.1 Å². The summed E-state index contributed by atoms with van der Waals surface area (Å²) in [6, 6.07) is 7.90. The van der Waals surface area contributed by atoms with Crippen LogP contribution in [0.2, 0.25) is 5.02 Å². The van der Waals surface area contributed by atoms with Gasteiger partial charge < -0.3 is 15.5 Å². The second kappa shape index (κ2) is 5.02. The summed E-state index contributed by atoms with van der Waals surface area (Å²) in [5.74, 6) is 0.590. The first-order valence-corrected chi connectivity index (χ1v) is 7.09. The minimum atomic E-state index is -0.0446. The summed E-state index contributed by atoms with van der Waals surface area (Å²) in [5.41, 5.74) is 0.677. The highest BCUT2D eigenvalue weighted by Crippen LogP contribution is 2.33. The average Bonchev–Trinajstić information content (AvgIpc) is 2.91. The molecule has 0 radical (unpaired) electrons. The number of benzene rings is 1. The van der Waals surface area contributed by atoms with Crippen LogP contribution in [-0.4, -0.2) is 36.1 Å². The second-order valence-corrected chi connectivity index (χ2v) is 5.79. The number of halogens is 1. The van der Waals surface area contributed by atoms with Crippen molar-refractivity contribution in [1.82, 2.24) is 10.2 Å². The minimum absolute atomic E-state index is 0.0446. The molecule has 2 aliphatic heterocycles. The Bertz CT molecular complexity index is 493. The molecule has 2 heterocycles. The van der Waals surface area contributed by atoms with Gasteiger partial charge in [-0.2, -0.15) is 0 Å². The molecule has 2 amide bonds. The Morgan fingerprint density at radius 1 is 1.42 bits per heavy atom. The van der Waals surface area contributed by atoms with E-state index in [0.717, 1.165) is 19.5 Å². The van der Waals surface area contributed by atoms with Crippen molar-refractivity contribution in [3.63, 3.8) is 0 Å². The number of anilines is 1. The van der Waals surface area contributed by atoms with Crippen molar-refractivity contribution in [1.29, 1.82) is 0 Å². The molecule has 19 heavy (non-hydrogen) atoms. The molecule has 3 atom stereocenters. The van der Waals surface area contributed by atoms with E-state index in [2.05, 4.69) is 17.6 Å². The molecule has 3 unspecified atom stereocenters. The van der Waals surface area contributed by atoms with Gasteiger partial charge in [-0.1, -0.05) is 23.7 Å². The molecule has 3 rings (SSSR count). The van der Waals surface area contributed by atoms with Crippen LogP contribution < -0.4 is 10.6 Å². The van der Waals surface area contributed by atoms with Gasteiger partial charge in [-0.3, -0.25) is 0 Å². The lowest BCUT2D eigenvalue weighted by atomic mass is 10.0. The number of amides is 2. The van der Waals surface area contributed by atoms with Crippen LogP contribution in [0.5, 0.6) is 0 Å². The molecule has 4 nitrogen and oxygen atoms in total. The Morgan fingerprint density at radius 3 is 3.00 bits per heavy atom. The summed E-state index contributed by atoms with van der Waals surface area (Å²) >= 11 is 6.08. The highest BCUT2D eigenvalue weighted by molar-refractivity contribution is 6.33. The third-order valence-corrected chi connectivity index (χ3v) is 4.46. The fourth-order valence-corrected chi connectivity index (χ4v) is 3.44. The number of rotatable bonds is 1. The summed E-state index contributed by atoms with van der Waals surface area (Å²) in [6.07, 6.45) is 1.08. The quantitative estimate of drug-likeness (QED) is 0.830. The number of hydrogen-bond acceptors (Lipinski definition) is 2. The Hall–Kier alpha value is -1.26. The molecule has 0 aromatic heterocycles. The maximum atomic E-state index is 12.4. The lowest BCUT2D eigenvalue weighted by molar-refractivity contribution is 0.190. The number of carbonyl (C=O) groups is 1. The van der Waals surface area contributed by atoms with Gasteiger partial charge in [0.05, 0.1) is 16.8 Å². The molecule has 2 fully saturated rings. The number of carbonyl (C=O) groups excluding carboxylic acids is 1. The number of nitrogens with zero attached hydrogens (tertiary/aromatic N) is 1. The summed E-state index contributed by atoms with van der Waals surface area (Å²) in [5, 5.41) is 6.85. The SMILES string of the molecule is CC1CC2CNCC2N1C(=O)Nc1ccccc1Cl. The maximum Gasteiger partial charge on any atom is 0.322 e. The first-order valence-electron chi connectivity index (χ1n) is 6.71. The zero-order valence-corrected chi connectivity index (χ0v) is 11.7. The van der Waals surface area contributed by atoms with Crippen molar-refractivity contribution in [2.24, 2.45) is 5.92 Å². The van der Waals surface area contributed by atoms with Crippen LogP contribution in [0.25, 0.3) is 0 Å². The number of para-hydroxylation sites is 1. The smallest absolute Gasteiger partial charge is 0.317 e. The van der Waals surface area contributed by atoms with Crippen molar-refractivity contribution in [2.75, 3.05) is 18.4 Å². The van der Waals surface area contributed by atoms with E-state index in [1.165, 1.54) is 0 Å². The largest absolute Gasteiger partial charge is 0.322 e. The molecule has 5 heteroatoms. The highest BCUT2D eigenvalue weighted by Gasteiger charge is 2.44. The number of hydrogen-bond donors (Lipinski definition) is 2. The molecule has 1 aromatic carbocycles. The van der Waals surface area contributed by atoms with Crippen molar-refractivity contribution >= 4 is 23.3 Å². The fraction of sp³-hybridized carbons (Fsp3) is 0.500. The summed E-state index contributed by atoms with van der Waals surface area (Å²) in [7, 11) is 0. The van der Waals surface area contributed by atoms with Gasteiger partial charge in [0.25, 0.3) is 0 Å². The van der Waals surface area contributed by atoms with Gasteiger partial charge in [-0.25, -0.2) is 4.79 Å². The lowest BCUT2D eigenvalue weighted by Gasteiger charge is -2.28. The van der Waals surface area contributed by atoms with E-state index < -0.39 is 0 Å². The van der Waals surface area contributed by atoms with E-state index in [1.54, 1.807) is 6.07 Å². The van der Waals surface area contributed by atoms with Gasteiger partial charge in [0.1, 0.15) is 0 Å². The maximum absolute atomic E-state index is 12.4. The first-order chi connectivity index (χ1) is 9.16. The third-order valence-electron chi connectivity index (χ3n) is 4.13. The van der Waals surface area contributed by atoms with Gasteiger partial charge in [-0.05, 0) is 31.4 Å². The summed E-state index contributed by atoms with van der Waals surface area (Å²) in [6.45, 7) is 4.03. The molecule has 102 valence electrons. The third kappa shape index (κ3) is 2.30. The Labute approximate surface area is 118 Å². The van der Waals surface area contributed by atoms with Crippen molar-refractivity contribution in [2.45, 2.75) is 25.4 Å². The molecule has 0 bridgehead atoms. The monoisotopic (exact) mass is 279 g/mol. The van der Waals surface area contributed by atoms with Crippen LogP contribution in [0.3, 0.4) is 0 Å². The molecular weight excluding hydrogens is 262 g/mol. The zero-order valence-electron chi connectivity index (χ0n) is 10.9. The molecule has 2 N–H and O–H groups in total. The Morgan fingerprint density at radius 2 is 2.21 bits per heavy atom. The molecule has 2 saturated heterocycles. The summed E-state index contributed by atoms with van der Waals surface area (Å²) < 4.78 is 0. The average molecular weight is 280 g/mol. The normalized spacial score (nSPS) is 29.4. The van der Waals surface area contributed by atoms with Crippen LogP contribution in [0.4, 0.5) is 10.5 Å². The second-order valence-electron chi connectivity index (χ2n) is 5.39. The van der Waals surface area contributed by atoms with E-state index in [9.17, 15) is 4.79 Å². The van der Waals surface area contributed by atoms with E-state index >= 15 is 0 Å². The van der Waals surface area contributed by atoms with Crippen molar-refractivity contribution in [3.05, 3.63) is 29.3 Å². The number of fused-ring (bicyclic) bond motifs is 1. The van der Waals surface area contributed by atoms with Crippen molar-refractivity contribution < 1.29 is 4.79 Å². The molecule has 1 aromatic rings. The first kappa shape index (κ1) is 12.8. The van der Waals surface area contributed by atoms with Gasteiger partial charge in [0.15, 0.2) is 0 Å². The fourth-order valence-electron chi connectivity index (χ4n) is 3.26. The topological polar surface area (TPSA) is 44.4 Å². The van der Waals surface area contributed by atoms with Gasteiger partial charge in [-0.15, -0.1) is 0 Å². The standard InChI is InChI=1S/C14H18ClN3O/c1-9-6-10-7-16-8-13(10)18(9)14(19)17-12-5-3-2-4-11(12)15/h2-5,9-10,13,16H,6-8H2,1H3,(H,17,19). The molecule has 0 aliphatic carbocycles. The minimum Gasteiger partial charge on any atom is -0.317 e. The van der Waals surface area contributed by atoms with E-state index in [0.29, 0.717) is 28.7 Å². The van der Waals surface area contributed by atoms with Crippen LogP contribution >= 0.6 is 11.6 Å². The molecule has 0 spiro atoms. The van der Waals surface area contributed by atoms with Gasteiger partial charge >= 0.3 is 6.03 Å². The zero-order chi connectivity index (χ0) is 13.4. The Balaban J connectivity index is 1.75. The molecule has 0 saturated carbocycles. The van der Waals surface area contributed by atoms with Crippen LogP contribution in [0.15, 0.2) is 24.3 Å². The number of likely N-dealkylation sites (tertiary alicyclic amines) is 1. The van der Waals surface area contributed by atoms with Crippen molar-refractivity contribution in [3.8, 4) is 0 Å². The van der Waals surface area contributed by atoms with E-state index in [-0.39, 0.29) is 6.03 Å². The highest BCUT2D eigenvalue weighted by atomic mass is 35.5. The predicted molar refractivity (Wildman–Crippen MR) is 76.5 cm³/mol. The van der Waals surface area contributed by atoms with E-state index in [1.807, 2.05) is 23.1 Å². The Kier molecular flexibility index (Phi) is 3.37. The van der Waals surface area contributed by atoms with Crippen LogP contribution in [0.1, 0.15) is 13.3 Å². The van der Waals surface area contributed by atoms with Gasteiger partial charge in [0.2, 0.25) is 0 Å². The molecular formula is C14H18ClN3O. The van der Waals surface area contributed by atoms with E-state index in [4.69, 9.17) is 11.6 Å². The van der Waals surface area contributed by atoms with Crippen LogP contribution in [0, 0.1) is 5.92 Å². The number of nitrogens with one attached hydrogen (secondary N) is 2. The van der Waals surface area contributed by atoms with Crippen LogP contribution in [-0.2, 0) is 0 Å². The predicted octanol–water partition coefficient (Wildman–Crippen LogP) is 2.55. The molecule has 2 aliphatic rings. The summed E-state index contributed by atoms with van der Waals surface area (Å²) in [4.78, 5) is 14.4. The lowest BCUT2D eigenvalue weighted by Crippen LogP contribution is -2.45. The number of urea groups is 1.